The van der Waals surface area contributed by atoms with E-state index in [4.69, 9.17) is 0 Å². The molecule has 0 spiro atoms. The van der Waals surface area contributed by atoms with Crippen LogP contribution in [0.25, 0.3) is 0 Å². The Hall–Kier alpha value is -0.430. The van der Waals surface area contributed by atoms with E-state index >= 15 is 0 Å². The van der Waals surface area contributed by atoms with Gasteiger partial charge in [0.05, 0.1) is 0 Å². The largest absolute Gasteiger partial charge is 0.316 e. The minimum atomic E-state index is -3.31. The van der Waals surface area contributed by atoms with E-state index in [9.17, 15) is 8.42 Å². The van der Waals surface area contributed by atoms with Gasteiger partial charge in [0.1, 0.15) is 4.21 Å². The van der Waals surface area contributed by atoms with Crippen molar-refractivity contribution in [1.82, 2.24) is 10.0 Å². The predicted molar refractivity (Wildman–Crippen MR) is 65.1 cm³/mol. The van der Waals surface area contributed by atoms with Gasteiger partial charge in [-0.15, -0.1) is 11.3 Å². The number of nitrogens with one attached hydrogen (secondary N) is 2. The average Bonchev–Trinajstić information content (AvgIpc) is 2.75. The third kappa shape index (κ3) is 2.63. The fourth-order valence-electron chi connectivity index (χ4n) is 1.86. The van der Waals surface area contributed by atoms with Crippen molar-refractivity contribution in [2.24, 2.45) is 5.92 Å². The van der Waals surface area contributed by atoms with Gasteiger partial charge < -0.3 is 5.32 Å². The molecule has 1 aromatic heterocycles. The molecule has 90 valence electrons. The second-order valence-corrected chi connectivity index (χ2v) is 7.02. The van der Waals surface area contributed by atoms with E-state index in [0.29, 0.717) is 10.1 Å². The normalized spacial score (nSPS) is 26.8. The van der Waals surface area contributed by atoms with Gasteiger partial charge in [0.2, 0.25) is 10.0 Å². The quantitative estimate of drug-likeness (QED) is 0.853. The van der Waals surface area contributed by atoms with E-state index in [2.05, 4.69) is 17.0 Å². The van der Waals surface area contributed by atoms with Crippen molar-refractivity contribution in [3.8, 4) is 0 Å². The zero-order chi connectivity index (χ0) is 11.6. The van der Waals surface area contributed by atoms with E-state index in [1.54, 1.807) is 17.5 Å². The van der Waals surface area contributed by atoms with Gasteiger partial charge in [-0.1, -0.05) is 13.0 Å². The summed E-state index contributed by atoms with van der Waals surface area (Å²) < 4.78 is 27.2. The number of hydrogen-bond acceptors (Lipinski definition) is 4. The van der Waals surface area contributed by atoms with E-state index < -0.39 is 10.0 Å². The molecule has 6 heteroatoms. The maximum atomic E-state index is 12.0. The summed E-state index contributed by atoms with van der Waals surface area (Å²) in [4.78, 5) is 0. The highest BCUT2D eigenvalue weighted by Crippen LogP contribution is 2.19. The smallest absolute Gasteiger partial charge is 0.250 e. The first kappa shape index (κ1) is 12.0. The van der Waals surface area contributed by atoms with Crippen molar-refractivity contribution in [2.75, 3.05) is 13.1 Å². The lowest BCUT2D eigenvalue weighted by Crippen LogP contribution is -2.48. The first-order chi connectivity index (χ1) is 7.59. The standard InChI is InChI=1S/C10H16N2O2S2/c1-8-7-11-5-4-9(8)12-16(13,14)10-3-2-6-15-10/h2-3,6,8-9,11-12H,4-5,7H2,1H3. The van der Waals surface area contributed by atoms with Crippen molar-refractivity contribution in [1.29, 1.82) is 0 Å². The van der Waals surface area contributed by atoms with Gasteiger partial charge >= 0.3 is 0 Å². The van der Waals surface area contributed by atoms with Crippen molar-refractivity contribution in [3.63, 3.8) is 0 Å². The lowest BCUT2D eigenvalue weighted by molar-refractivity contribution is 0.328. The van der Waals surface area contributed by atoms with E-state index in [1.807, 2.05) is 0 Å². The molecule has 0 saturated carbocycles. The summed E-state index contributed by atoms with van der Waals surface area (Å²) in [5, 5.41) is 5.03. The maximum absolute atomic E-state index is 12.0. The minimum absolute atomic E-state index is 0.0494. The number of hydrogen-bond donors (Lipinski definition) is 2. The molecule has 0 radical (unpaired) electrons. The van der Waals surface area contributed by atoms with E-state index in [-0.39, 0.29) is 6.04 Å². The molecule has 0 amide bonds. The van der Waals surface area contributed by atoms with Crippen molar-refractivity contribution < 1.29 is 8.42 Å². The summed E-state index contributed by atoms with van der Waals surface area (Å²) in [6.45, 7) is 3.81. The fourth-order valence-corrected chi connectivity index (χ4v) is 4.25. The Labute approximate surface area is 100 Å². The number of rotatable bonds is 3. The molecule has 1 aliphatic rings. The maximum Gasteiger partial charge on any atom is 0.250 e. The van der Waals surface area contributed by atoms with Crippen molar-refractivity contribution in [3.05, 3.63) is 17.5 Å². The molecule has 0 bridgehead atoms. The number of sulfonamides is 1. The first-order valence-corrected chi connectivity index (χ1v) is 7.72. The SMILES string of the molecule is CC1CNCCC1NS(=O)(=O)c1cccs1. The van der Waals surface area contributed by atoms with Gasteiger partial charge in [0, 0.05) is 6.04 Å². The summed E-state index contributed by atoms with van der Waals surface area (Å²) in [6, 6.07) is 3.44. The molecule has 16 heavy (non-hydrogen) atoms. The third-order valence-electron chi connectivity index (χ3n) is 2.85. The molecule has 1 aliphatic heterocycles. The highest BCUT2D eigenvalue weighted by atomic mass is 32.2. The van der Waals surface area contributed by atoms with Crippen LogP contribution < -0.4 is 10.0 Å². The van der Waals surface area contributed by atoms with Gasteiger partial charge in [-0.25, -0.2) is 13.1 Å². The zero-order valence-electron chi connectivity index (χ0n) is 9.14. The lowest BCUT2D eigenvalue weighted by atomic mass is 9.97. The molecule has 0 aromatic carbocycles. The predicted octanol–water partition coefficient (Wildman–Crippen LogP) is 1.02. The Morgan fingerprint density at radius 1 is 1.56 bits per heavy atom. The summed E-state index contributed by atoms with van der Waals surface area (Å²) >= 11 is 1.25. The van der Waals surface area contributed by atoms with Gasteiger partial charge in [0.15, 0.2) is 0 Å². The Morgan fingerprint density at radius 2 is 2.38 bits per heavy atom. The molecule has 1 fully saturated rings. The molecule has 4 nitrogen and oxygen atoms in total. The Kier molecular flexibility index (Phi) is 3.63. The minimum Gasteiger partial charge on any atom is -0.316 e. The van der Waals surface area contributed by atoms with Crippen LogP contribution in [0.3, 0.4) is 0 Å². The summed E-state index contributed by atoms with van der Waals surface area (Å²) in [5.41, 5.74) is 0. The molecular formula is C10H16N2O2S2. The molecule has 1 saturated heterocycles. The Bertz CT molecular complexity index is 428. The fraction of sp³-hybridized carbons (Fsp3) is 0.600. The third-order valence-corrected chi connectivity index (χ3v) is 5.74. The second kappa shape index (κ2) is 4.83. The molecule has 2 rings (SSSR count). The van der Waals surface area contributed by atoms with Crippen LogP contribution in [-0.4, -0.2) is 27.5 Å². The highest BCUT2D eigenvalue weighted by molar-refractivity contribution is 7.91. The number of piperidine rings is 1. The highest BCUT2D eigenvalue weighted by Gasteiger charge is 2.26. The molecule has 2 atom stereocenters. The topological polar surface area (TPSA) is 58.2 Å². The van der Waals surface area contributed by atoms with Crippen LogP contribution in [0.2, 0.25) is 0 Å². The van der Waals surface area contributed by atoms with Crippen LogP contribution in [0.15, 0.2) is 21.7 Å². The first-order valence-electron chi connectivity index (χ1n) is 5.36. The van der Waals surface area contributed by atoms with Crippen molar-refractivity contribution in [2.45, 2.75) is 23.6 Å². The molecular weight excluding hydrogens is 244 g/mol. The van der Waals surface area contributed by atoms with Gasteiger partial charge in [0.25, 0.3) is 0 Å². The van der Waals surface area contributed by atoms with Crippen LogP contribution >= 0.6 is 11.3 Å². The number of thiophene rings is 1. The van der Waals surface area contributed by atoms with Crippen molar-refractivity contribution >= 4 is 21.4 Å². The van der Waals surface area contributed by atoms with Crippen LogP contribution in [0.1, 0.15) is 13.3 Å². The van der Waals surface area contributed by atoms with Gasteiger partial charge in [-0.05, 0) is 36.9 Å². The van der Waals surface area contributed by atoms with Crippen LogP contribution in [0.5, 0.6) is 0 Å². The average molecular weight is 260 g/mol. The zero-order valence-corrected chi connectivity index (χ0v) is 10.8. The van der Waals surface area contributed by atoms with Gasteiger partial charge in [-0.3, -0.25) is 0 Å². The summed E-state index contributed by atoms with van der Waals surface area (Å²) in [6.07, 6.45) is 0.853. The van der Waals surface area contributed by atoms with Crippen LogP contribution in [0, 0.1) is 5.92 Å². The monoisotopic (exact) mass is 260 g/mol. The van der Waals surface area contributed by atoms with Crippen LogP contribution in [-0.2, 0) is 10.0 Å². The summed E-state index contributed by atoms with van der Waals surface area (Å²) in [5.74, 6) is 0.337. The molecule has 2 heterocycles. The summed E-state index contributed by atoms with van der Waals surface area (Å²) in [7, 11) is -3.31. The van der Waals surface area contributed by atoms with Gasteiger partial charge in [-0.2, -0.15) is 0 Å². The lowest BCUT2D eigenvalue weighted by Gasteiger charge is -2.29. The molecule has 2 N–H and O–H groups in total. The van der Waals surface area contributed by atoms with E-state index in [0.717, 1.165) is 19.5 Å². The van der Waals surface area contributed by atoms with Crippen LogP contribution in [0.4, 0.5) is 0 Å². The second-order valence-electron chi connectivity index (χ2n) is 4.13. The Balaban J connectivity index is 2.09. The van der Waals surface area contributed by atoms with E-state index in [1.165, 1.54) is 11.3 Å². The molecule has 0 aliphatic carbocycles. The molecule has 2 unspecified atom stereocenters. The molecule has 1 aromatic rings. The Morgan fingerprint density at radius 3 is 3.00 bits per heavy atom.